The lowest BCUT2D eigenvalue weighted by atomic mass is 10.2. The van der Waals surface area contributed by atoms with E-state index < -0.39 is 24.2 Å². The van der Waals surface area contributed by atoms with Gasteiger partial charge in [0, 0.05) is 0 Å². The fourth-order valence-electron chi connectivity index (χ4n) is 2.75. The zero-order valence-electron chi connectivity index (χ0n) is 15.7. The van der Waals surface area contributed by atoms with Crippen molar-refractivity contribution in [2.24, 2.45) is 4.40 Å². The van der Waals surface area contributed by atoms with Gasteiger partial charge in [-0.05, 0) is 54.9 Å². The molecule has 0 spiro atoms. The van der Waals surface area contributed by atoms with Gasteiger partial charge in [0.15, 0.2) is 0 Å². The number of halogens is 2. The molecule has 1 aromatic heterocycles. The van der Waals surface area contributed by atoms with Gasteiger partial charge >= 0.3 is 0 Å². The molecule has 1 unspecified atom stereocenters. The lowest BCUT2D eigenvalue weighted by Crippen LogP contribution is -2.48. The summed E-state index contributed by atoms with van der Waals surface area (Å²) in [5.41, 5.74) is 0.596. The predicted molar refractivity (Wildman–Crippen MR) is 109 cm³/mol. The fourth-order valence-corrected chi connectivity index (χ4v) is 7.65. The van der Waals surface area contributed by atoms with Crippen LogP contribution in [0.15, 0.2) is 15.1 Å². The van der Waals surface area contributed by atoms with Crippen molar-refractivity contribution in [3.8, 4) is 0 Å². The van der Waals surface area contributed by atoms with Crippen LogP contribution in [0.5, 0.6) is 0 Å². The number of hydrogen-bond acceptors (Lipinski definition) is 3. The molecule has 0 radical (unpaired) electrons. The summed E-state index contributed by atoms with van der Waals surface area (Å²) in [4.78, 5) is 4.28. The van der Waals surface area contributed by atoms with Crippen LogP contribution < -0.4 is 5.19 Å². The minimum absolute atomic E-state index is 0.212. The van der Waals surface area contributed by atoms with Gasteiger partial charge in [0.05, 0.1) is 8.07 Å². The maximum Gasteiger partial charge on any atom is 0.150 e. The highest BCUT2D eigenvalue weighted by Gasteiger charge is 2.34. The van der Waals surface area contributed by atoms with Crippen LogP contribution in [0.25, 0.3) is 0 Å². The highest BCUT2D eigenvalue weighted by atomic mass is 79.9. The Morgan fingerprint density at radius 3 is 2.21 bits per heavy atom. The van der Waals surface area contributed by atoms with E-state index in [0.29, 0.717) is 10.3 Å². The van der Waals surface area contributed by atoms with Crippen LogP contribution >= 0.6 is 15.9 Å². The van der Waals surface area contributed by atoms with E-state index in [1.54, 1.807) is 6.92 Å². The van der Waals surface area contributed by atoms with Crippen LogP contribution in [0.1, 0.15) is 54.2 Å². The number of hydrogen-bond donors (Lipinski definition) is 0. The smallest absolute Gasteiger partial charge is 0.150 e. The first-order valence-electron chi connectivity index (χ1n) is 8.36. The molecule has 1 aromatic rings. The van der Waals surface area contributed by atoms with Gasteiger partial charge in [-0.2, -0.15) is 0 Å². The number of nitrogens with zero attached hydrogens (tertiary/aromatic N) is 2. The molecule has 24 heavy (non-hydrogen) atoms. The predicted octanol–water partition coefficient (Wildman–Crippen LogP) is 4.97. The molecule has 0 saturated heterocycles. The summed E-state index contributed by atoms with van der Waals surface area (Å²) in [5, 5.41) is 0.794. The van der Waals surface area contributed by atoms with Gasteiger partial charge in [0.1, 0.15) is 37.9 Å². The topological polar surface area (TPSA) is 48.3 Å². The van der Waals surface area contributed by atoms with Crippen LogP contribution in [-0.4, -0.2) is 28.1 Å². The van der Waals surface area contributed by atoms with E-state index in [-0.39, 0.29) is 11.5 Å². The Bertz CT molecular complexity index is 607. The zero-order chi connectivity index (χ0) is 18.7. The van der Waals surface area contributed by atoms with Gasteiger partial charge in [0.2, 0.25) is 0 Å². The van der Waals surface area contributed by atoms with Crippen LogP contribution in [0.2, 0.25) is 18.1 Å². The Labute approximate surface area is 158 Å². The van der Waals surface area contributed by atoms with E-state index in [1.807, 2.05) is 26.8 Å². The second-order valence-electron chi connectivity index (χ2n) is 7.03. The van der Waals surface area contributed by atoms with Crippen molar-refractivity contribution in [2.45, 2.75) is 71.3 Å². The molecule has 1 heterocycles. The van der Waals surface area contributed by atoms with Crippen molar-refractivity contribution in [2.75, 3.05) is 0 Å². The van der Waals surface area contributed by atoms with Crippen molar-refractivity contribution in [3.63, 3.8) is 0 Å². The summed E-state index contributed by atoms with van der Waals surface area (Å²) < 4.78 is 31.9. The first kappa shape index (κ1) is 21.8. The zero-order valence-corrected chi connectivity index (χ0v) is 19.1. The molecule has 1 rings (SSSR count). The maximum absolute atomic E-state index is 15.3. The Morgan fingerprint density at radius 1 is 1.29 bits per heavy atom. The quantitative estimate of drug-likeness (QED) is 0.274. The number of aromatic nitrogens is 1. The molecule has 136 valence electrons. The van der Waals surface area contributed by atoms with Gasteiger partial charge < -0.3 is 4.55 Å². The van der Waals surface area contributed by atoms with Crippen LogP contribution in [0.4, 0.5) is 4.39 Å². The van der Waals surface area contributed by atoms with Crippen molar-refractivity contribution in [1.82, 2.24) is 4.98 Å². The third-order valence-corrected chi connectivity index (χ3v) is 12.1. The molecular formula is C17H28BrFN2OSSi. The van der Waals surface area contributed by atoms with Crippen molar-refractivity contribution in [3.05, 3.63) is 22.2 Å². The normalized spacial score (nSPS) is 14.8. The highest BCUT2D eigenvalue weighted by molar-refractivity contribution is 9.10. The molecule has 3 nitrogen and oxygen atoms in total. The summed E-state index contributed by atoms with van der Waals surface area (Å²) in [6, 6.07) is 4.78. The minimum atomic E-state index is -1.90. The lowest BCUT2D eigenvalue weighted by Gasteiger charge is -2.29. The molecule has 0 saturated carbocycles. The van der Waals surface area contributed by atoms with Crippen LogP contribution in [-0.2, 0) is 11.4 Å². The monoisotopic (exact) mass is 434 g/mol. The van der Waals surface area contributed by atoms with E-state index in [1.165, 1.54) is 0 Å². The largest absolute Gasteiger partial charge is 0.591 e. The van der Waals surface area contributed by atoms with Gasteiger partial charge in [-0.15, -0.1) is 0 Å². The van der Waals surface area contributed by atoms with Crippen LogP contribution in [0.3, 0.4) is 0 Å². The highest BCUT2D eigenvalue weighted by Crippen LogP contribution is 2.25. The third kappa shape index (κ3) is 4.68. The molecule has 0 aliphatic rings. The summed E-state index contributed by atoms with van der Waals surface area (Å²) in [5.74, 6) is -0.289. The summed E-state index contributed by atoms with van der Waals surface area (Å²) in [6.45, 7) is 13.6. The van der Waals surface area contributed by atoms with E-state index >= 15 is 4.39 Å². The summed E-state index contributed by atoms with van der Waals surface area (Å²) in [6.07, 6.45) is 0. The molecule has 0 fully saturated rings. The fraction of sp³-hybridized carbons (Fsp3) is 0.647. The standard InChI is InChI=1S/C17H28BrFN2OSSi/c1-8-24(9-2,10-3)13-11-14(18)20-16(15(13)19)12(4)21-23(22)17(5,6)7/h11H,8-10H2,1-7H3/b21-12+. The molecule has 0 amide bonds. The van der Waals surface area contributed by atoms with E-state index in [2.05, 4.69) is 46.1 Å². The van der Waals surface area contributed by atoms with Gasteiger partial charge in [-0.25, -0.2) is 9.37 Å². The number of pyridine rings is 1. The van der Waals surface area contributed by atoms with E-state index in [4.69, 9.17) is 0 Å². The minimum Gasteiger partial charge on any atom is -0.591 e. The van der Waals surface area contributed by atoms with Gasteiger partial charge in [-0.1, -0.05) is 43.3 Å². The number of rotatable bonds is 6. The molecule has 0 N–H and O–H groups in total. The molecule has 0 bridgehead atoms. The molecule has 1 atom stereocenters. The maximum atomic E-state index is 15.3. The summed E-state index contributed by atoms with van der Waals surface area (Å²) in [7, 11) is -1.90. The average molecular weight is 435 g/mol. The lowest BCUT2D eigenvalue weighted by molar-refractivity contribution is 0.561. The SMILES string of the molecule is CC[Si](CC)(CC)c1cc(Br)nc(/C(C)=N/[S+]([O-])C(C)(C)C)c1F. The molecule has 0 aromatic carbocycles. The first-order chi connectivity index (χ1) is 11.0. The second-order valence-corrected chi connectivity index (χ2v) is 15.0. The Hall–Kier alpha value is -0.243. The first-order valence-corrected chi connectivity index (χ1v) is 12.9. The van der Waals surface area contributed by atoms with Crippen molar-refractivity contribution >= 4 is 46.3 Å². The van der Waals surface area contributed by atoms with Crippen molar-refractivity contribution in [1.29, 1.82) is 0 Å². The Kier molecular flexibility index (Phi) is 7.65. The van der Waals surface area contributed by atoms with Gasteiger partial charge in [-0.3, -0.25) is 0 Å². The molecule has 7 heteroatoms. The Balaban J connectivity index is 3.51. The van der Waals surface area contributed by atoms with Crippen molar-refractivity contribution < 1.29 is 8.94 Å². The molecule has 0 aliphatic carbocycles. The van der Waals surface area contributed by atoms with Crippen LogP contribution in [0, 0.1) is 5.82 Å². The average Bonchev–Trinajstić information content (AvgIpc) is 2.51. The van der Waals surface area contributed by atoms with Gasteiger partial charge in [0.25, 0.3) is 0 Å². The second kappa shape index (κ2) is 8.43. The molecule has 0 aliphatic heterocycles. The molecular weight excluding hydrogens is 407 g/mol. The summed E-state index contributed by atoms with van der Waals surface area (Å²) >= 11 is 1.98. The Morgan fingerprint density at radius 2 is 1.79 bits per heavy atom. The van der Waals surface area contributed by atoms with E-state index in [0.717, 1.165) is 23.3 Å². The third-order valence-electron chi connectivity index (χ3n) is 4.61. The van der Waals surface area contributed by atoms with E-state index in [9.17, 15) is 4.55 Å².